The van der Waals surface area contributed by atoms with Crippen LogP contribution in [0.3, 0.4) is 0 Å². The van der Waals surface area contributed by atoms with Gasteiger partial charge in [0.1, 0.15) is 5.82 Å². The van der Waals surface area contributed by atoms with Crippen molar-refractivity contribution in [2.75, 3.05) is 5.73 Å². The quantitative estimate of drug-likeness (QED) is 0.906. The molecule has 4 aliphatic carbocycles. The van der Waals surface area contributed by atoms with E-state index in [4.69, 9.17) is 17.3 Å². The molecule has 21 heavy (non-hydrogen) atoms. The van der Waals surface area contributed by atoms with Crippen LogP contribution in [0, 0.1) is 22.2 Å². The van der Waals surface area contributed by atoms with Crippen molar-refractivity contribution >= 4 is 17.5 Å². The fraction of sp³-hybridized carbons (Fsp3) is 0.812. The average Bonchev–Trinajstić information content (AvgIpc) is 2.19. The van der Waals surface area contributed by atoms with Crippen LogP contribution in [-0.4, -0.2) is 15.0 Å². The molecular weight excluding hydrogens is 284 g/mol. The second kappa shape index (κ2) is 4.09. The number of anilines is 1. The van der Waals surface area contributed by atoms with E-state index in [1.807, 2.05) is 0 Å². The number of hydrogen-bond acceptors (Lipinski definition) is 4. The van der Waals surface area contributed by atoms with Crippen LogP contribution >= 0.6 is 11.6 Å². The second-order valence-electron chi connectivity index (χ2n) is 8.69. The highest BCUT2D eigenvalue weighted by atomic mass is 35.5. The maximum Gasteiger partial charge on any atom is 0.227 e. The highest BCUT2D eigenvalue weighted by Crippen LogP contribution is 2.70. The van der Waals surface area contributed by atoms with Crippen molar-refractivity contribution in [3.05, 3.63) is 11.1 Å². The lowest BCUT2D eigenvalue weighted by molar-refractivity contribution is -0.144. The van der Waals surface area contributed by atoms with Crippen LogP contribution in [0.4, 0.5) is 5.95 Å². The van der Waals surface area contributed by atoms with Crippen LogP contribution in [-0.2, 0) is 6.42 Å². The lowest BCUT2D eigenvalue weighted by Gasteiger charge is -2.65. The molecule has 4 saturated carbocycles. The van der Waals surface area contributed by atoms with Crippen molar-refractivity contribution in [2.24, 2.45) is 22.2 Å². The van der Waals surface area contributed by atoms with Crippen LogP contribution in [0.2, 0.25) is 5.28 Å². The summed E-state index contributed by atoms with van der Waals surface area (Å²) in [7, 11) is 0. The minimum Gasteiger partial charge on any atom is -0.368 e. The minimum absolute atomic E-state index is 0.222. The molecule has 1 aromatic heterocycles. The summed E-state index contributed by atoms with van der Waals surface area (Å²) in [4.78, 5) is 12.5. The molecule has 0 amide bonds. The molecule has 5 rings (SSSR count). The standard InChI is InChI=1S/C16H23ClN4/c1-14-3-10-4-15(2,7-14)9-16(5-10,8-14)6-11-19-12(17)21-13(18)20-11/h10H,3-9H2,1-2H3,(H2,18,19,20,21). The number of nitrogens with two attached hydrogens (primary N) is 1. The lowest BCUT2D eigenvalue weighted by Crippen LogP contribution is -2.55. The molecule has 0 spiro atoms. The summed E-state index contributed by atoms with van der Waals surface area (Å²) in [5, 5.41) is 0.222. The van der Waals surface area contributed by atoms with Crippen LogP contribution in [0.15, 0.2) is 0 Å². The van der Waals surface area contributed by atoms with Gasteiger partial charge in [0.15, 0.2) is 0 Å². The largest absolute Gasteiger partial charge is 0.368 e. The summed E-state index contributed by atoms with van der Waals surface area (Å²) in [5.41, 5.74) is 7.10. The van der Waals surface area contributed by atoms with Crippen molar-refractivity contribution in [3.8, 4) is 0 Å². The van der Waals surface area contributed by atoms with Gasteiger partial charge in [0, 0.05) is 6.42 Å². The van der Waals surface area contributed by atoms with Gasteiger partial charge in [-0.25, -0.2) is 4.98 Å². The van der Waals surface area contributed by atoms with E-state index in [1.54, 1.807) is 0 Å². The van der Waals surface area contributed by atoms with Crippen LogP contribution in [0.5, 0.6) is 0 Å². The van der Waals surface area contributed by atoms with Crippen molar-refractivity contribution < 1.29 is 0 Å². The van der Waals surface area contributed by atoms with E-state index in [-0.39, 0.29) is 11.2 Å². The Bertz CT molecular complexity index is 564. The van der Waals surface area contributed by atoms with Crippen LogP contribution in [0.1, 0.15) is 58.2 Å². The molecule has 2 N–H and O–H groups in total. The molecule has 1 aromatic rings. The fourth-order valence-corrected chi connectivity index (χ4v) is 6.89. The lowest BCUT2D eigenvalue weighted by atomic mass is 9.40. The highest BCUT2D eigenvalue weighted by molar-refractivity contribution is 6.28. The predicted octanol–water partition coefficient (Wildman–Crippen LogP) is 3.65. The van der Waals surface area contributed by atoms with E-state index >= 15 is 0 Å². The fourth-order valence-electron chi connectivity index (χ4n) is 6.70. The number of aromatic nitrogens is 3. The molecular formula is C16H23ClN4. The molecule has 2 unspecified atom stereocenters. The van der Waals surface area contributed by atoms with E-state index < -0.39 is 0 Å². The first-order valence-corrected chi connectivity index (χ1v) is 8.31. The zero-order valence-corrected chi connectivity index (χ0v) is 13.6. The molecule has 4 nitrogen and oxygen atoms in total. The molecule has 5 heteroatoms. The van der Waals surface area contributed by atoms with Gasteiger partial charge >= 0.3 is 0 Å². The normalized spacial score (nSPS) is 44.2. The smallest absolute Gasteiger partial charge is 0.227 e. The zero-order chi connectivity index (χ0) is 14.9. The van der Waals surface area contributed by atoms with Gasteiger partial charge in [-0.05, 0) is 72.3 Å². The highest BCUT2D eigenvalue weighted by Gasteiger charge is 2.60. The predicted molar refractivity (Wildman–Crippen MR) is 82.8 cm³/mol. The molecule has 2 atom stereocenters. The van der Waals surface area contributed by atoms with Gasteiger partial charge in [0.25, 0.3) is 0 Å². The van der Waals surface area contributed by atoms with Gasteiger partial charge in [0.05, 0.1) is 0 Å². The Labute approximate surface area is 130 Å². The molecule has 0 aromatic carbocycles. The summed E-state index contributed by atoms with van der Waals surface area (Å²) in [6.07, 6.45) is 9.03. The first kappa shape index (κ1) is 13.7. The van der Waals surface area contributed by atoms with Crippen molar-refractivity contribution in [1.29, 1.82) is 0 Å². The summed E-state index contributed by atoms with van der Waals surface area (Å²) >= 11 is 5.95. The molecule has 4 aliphatic rings. The molecule has 4 fully saturated rings. The van der Waals surface area contributed by atoms with Crippen LogP contribution < -0.4 is 5.73 Å². The minimum atomic E-state index is 0.222. The maximum absolute atomic E-state index is 5.95. The third-order valence-corrected chi connectivity index (χ3v) is 6.12. The Morgan fingerprint density at radius 3 is 2.29 bits per heavy atom. The van der Waals surface area contributed by atoms with Crippen molar-refractivity contribution in [1.82, 2.24) is 15.0 Å². The topological polar surface area (TPSA) is 64.7 Å². The SMILES string of the molecule is CC12CC3CC(C)(C1)CC(Cc1nc(N)nc(Cl)n1)(C3)C2. The average molecular weight is 307 g/mol. The number of nitrogens with zero attached hydrogens (tertiary/aromatic N) is 3. The van der Waals surface area contributed by atoms with Crippen molar-refractivity contribution in [2.45, 2.75) is 58.8 Å². The first-order chi connectivity index (χ1) is 9.77. The molecule has 4 bridgehead atoms. The molecule has 0 radical (unpaired) electrons. The third kappa shape index (κ3) is 2.32. The number of halogens is 1. The molecule has 0 saturated heterocycles. The first-order valence-electron chi connectivity index (χ1n) is 7.93. The molecule has 114 valence electrons. The Kier molecular flexibility index (Phi) is 2.68. The molecule has 1 heterocycles. The Morgan fingerprint density at radius 2 is 1.71 bits per heavy atom. The zero-order valence-electron chi connectivity index (χ0n) is 12.8. The van der Waals surface area contributed by atoms with Gasteiger partial charge in [-0.1, -0.05) is 13.8 Å². The summed E-state index contributed by atoms with van der Waals surface area (Å²) in [6, 6.07) is 0. The Balaban J connectivity index is 1.68. The van der Waals surface area contributed by atoms with Gasteiger partial charge in [-0.3, -0.25) is 0 Å². The van der Waals surface area contributed by atoms with Gasteiger partial charge in [0.2, 0.25) is 11.2 Å². The Hall–Kier alpha value is -0.900. The number of rotatable bonds is 2. The monoisotopic (exact) mass is 306 g/mol. The summed E-state index contributed by atoms with van der Waals surface area (Å²) < 4.78 is 0. The molecule has 0 aliphatic heterocycles. The number of hydrogen-bond donors (Lipinski definition) is 1. The second-order valence-corrected chi connectivity index (χ2v) is 9.02. The Morgan fingerprint density at radius 1 is 1.05 bits per heavy atom. The van der Waals surface area contributed by atoms with Gasteiger partial charge in [-0.2, -0.15) is 9.97 Å². The van der Waals surface area contributed by atoms with E-state index in [0.717, 1.165) is 18.2 Å². The van der Waals surface area contributed by atoms with E-state index in [9.17, 15) is 0 Å². The van der Waals surface area contributed by atoms with E-state index in [2.05, 4.69) is 28.8 Å². The third-order valence-electron chi connectivity index (χ3n) is 5.95. The van der Waals surface area contributed by atoms with E-state index in [0.29, 0.717) is 16.2 Å². The van der Waals surface area contributed by atoms with Crippen molar-refractivity contribution in [3.63, 3.8) is 0 Å². The van der Waals surface area contributed by atoms with E-state index in [1.165, 1.54) is 38.5 Å². The van der Waals surface area contributed by atoms with Crippen LogP contribution in [0.25, 0.3) is 0 Å². The van der Waals surface area contributed by atoms with Gasteiger partial charge < -0.3 is 5.73 Å². The summed E-state index contributed by atoms with van der Waals surface area (Å²) in [6.45, 7) is 4.97. The van der Waals surface area contributed by atoms with Gasteiger partial charge in [-0.15, -0.1) is 0 Å². The maximum atomic E-state index is 5.95. The summed E-state index contributed by atoms with van der Waals surface area (Å²) in [5.74, 6) is 1.90. The number of nitrogen functional groups attached to an aromatic ring is 1.